The molecule has 6 nitrogen and oxygen atoms in total. The van der Waals surface area contributed by atoms with Gasteiger partial charge in [-0.15, -0.1) is 0 Å². The van der Waals surface area contributed by atoms with Crippen molar-refractivity contribution >= 4 is 5.91 Å². The van der Waals surface area contributed by atoms with Crippen molar-refractivity contribution < 1.29 is 9.53 Å². The number of fused-ring (bicyclic) bond motifs is 1. The summed E-state index contributed by atoms with van der Waals surface area (Å²) in [5, 5.41) is 4.33. The third kappa shape index (κ3) is 3.19. The van der Waals surface area contributed by atoms with E-state index < -0.39 is 0 Å². The Morgan fingerprint density at radius 1 is 1.20 bits per heavy atom. The first-order valence-electron chi connectivity index (χ1n) is 8.76. The van der Waals surface area contributed by atoms with E-state index in [2.05, 4.69) is 29.1 Å². The Bertz CT molecular complexity index is 758. The van der Waals surface area contributed by atoms with Gasteiger partial charge in [-0.3, -0.25) is 14.4 Å². The van der Waals surface area contributed by atoms with Gasteiger partial charge >= 0.3 is 0 Å². The van der Waals surface area contributed by atoms with Crippen molar-refractivity contribution in [2.24, 2.45) is 7.05 Å². The van der Waals surface area contributed by atoms with Gasteiger partial charge in [0.15, 0.2) is 0 Å². The average molecular weight is 340 g/mol. The first-order valence-corrected chi connectivity index (χ1v) is 8.76. The van der Waals surface area contributed by atoms with Gasteiger partial charge in [-0.05, 0) is 12.5 Å². The molecule has 2 fully saturated rings. The lowest BCUT2D eigenvalue weighted by atomic mass is 10.1. The molecule has 0 N–H and O–H groups in total. The van der Waals surface area contributed by atoms with Gasteiger partial charge in [-0.2, -0.15) is 5.10 Å². The fourth-order valence-corrected chi connectivity index (χ4v) is 3.80. The highest BCUT2D eigenvalue weighted by Gasteiger charge is 2.43. The van der Waals surface area contributed by atoms with E-state index in [9.17, 15) is 4.79 Å². The number of carbonyl (C=O) groups is 1. The van der Waals surface area contributed by atoms with Gasteiger partial charge in [0.05, 0.1) is 18.3 Å². The standard InChI is InChI=1S/C19H24N4O2/c1-14-16(8-20-21(14)2)10-22-11-17-18(12-22)25-13-19(24)23(17)9-15-6-4-3-5-7-15/h3-8,17-18H,9-13H2,1-2H3/t17-,18-/m0/s1. The van der Waals surface area contributed by atoms with Gasteiger partial charge in [0.2, 0.25) is 5.91 Å². The Morgan fingerprint density at radius 3 is 2.72 bits per heavy atom. The van der Waals surface area contributed by atoms with Gasteiger partial charge in [0.1, 0.15) is 6.61 Å². The molecule has 3 heterocycles. The van der Waals surface area contributed by atoms with Crippen molar-refractivity contribution in [1.29, 1.82) is 0 Å². The zero-order chi connectivity index (χ0) is 17.4. The molecule has 0 radical (unpaired) electrons. The zero-order valence-electron chi connectivity index (χ0n) is 14.8. The Kier molecular flexibility index (Phi) is 4.31. The lowest BCUT2D eigenvalue weighted by molar-refractivity contribution is -0.153. The van der Waals surface area contributed by atoms with Crippen molar-refractivity contribution in [3.05, 3.63) is 53.3 Å². The second kappa shape index (κ2) is 6.61. The molecular weight excluding hydrogens is 316 g/mol. The highest BCUT2D eigenvalue weighted by molar-refractivity contribution is 5.78. The van der Waals surface area contributed by atoms with Crippen LogP contribution in [0.4, 0.5) is 0 Å². The van der Waals surface area contributed by atoms with Crippen LogP contribution in [0, 0.1) is 6.92 Å². The molecule has 1 amide bonds. The van der Waals surface area contributed by atoms with Crippen molar-refractivity contribution in [2.45, 2.75) is 32.2 Å². The molecule has 1 aromatic heterocycles. The molecular formula is C19H24N4O2. The minimum absolute atomic E-state index is 0.0875. The molecule has 0 saturated carbocycles. The highest BCUT2D eigenvalue weighted by atomic mass is 16.5. The summed E-state index contributed by atoms with van der Waals surface area (Å²) in [6, 6.07) is 10.3. The third-order valence-corrected chi connectivity index (χ3v) is 5.38. The summed E-state index contributed by atoms with van der Waals surface area (Å²) < 4.78 is 7.73. The van der Waals surface area contributed by atoms with E-state index in [-0.39, 0.29) is 24.7 Å². The Balaban J connectivity index is 1.48. The van der Waals surface area contributed by atoms with Gasteiger partial charge < -0.3 is 9.64 Å². The molecule has 0 spiro atoms. The number of amides is 1. The summed E-state index contributed by atoms with van der Waals surface area (Å²) in [7, 11) is 1.96. The maximum Gasteiger partial charge on any atom is 0.249 e. The van der Waals surface area contributed by atoms with E-state index in [1.807, 2.05) is 41.0 Å². The predicted molar refractivity (Wildman–Crippen MR) is 93.7 cm³/mol. The van der Waals surface area contributed by atoms with Crippen LogP contribution in [-0.4, -0.2) is 57.3 Å². The number of morpholine rings is 1. The summed E-state index contributed by atoms with van der Waals surface area (Å²) in [6.45, 7) is 5.49. The van der Waals surface area contributed by atoms with E-state index in [0.717, 1.165) is 25.2 Å². The van der Waals surface area contributed by atoms with Crippen LogP contribution in [0.15, 0.2) is 36.5 Å². The van der Waals surface area contributed by atoms with Gasteiger partial charge in [0, 0.05) is 44.5 Å². The number of ether oxygens (including phenoxy) is 1. The predicted octanol–water partition coefficient (Wildman–Crippen LogP) is 1.34. The van der Waals surface area contributed by atoms with Crippen molar-refractivity contribution in [3.8, 4) is 0 Å². The largest absolute Gasteiger partial charge is 0.365 e. The maximum absolute atomic E-state index is 12.4. The number of aryl methyl sites for hydroxylation is 1. The monoisotopic (exact) mass is 340 g/mol. The lowest BCUT2D eigenvalue weighted by Crippen LogP contribution is -2.53. The number of nitrogens with zero attached hydrogens (tertiary/aromatic N) is 4. The summed E-state index contributed by atoms with van der Waals surface area (Å²) in [5.41, 5.74) is 3.59. The second-order valence-electron chi connectivity index (χ2n) is 7.00. The molecule has 2 atom stereocenters. The quantitative estimate of drug-likeness (QED) is 0.843. The summed E-state index contributed by atoms with van der Waals surface area (Å²) in [4.78, 5) is 16.8. The molecule has 0 unspecified atom stereocenters. The van der Waals surface area contributed by atoms with E-state index >= 15 is 0 Å². The number of hydrogen-bond donors (Lipinski definition) is 0. The summed E-state index contributed by atoms with van der Waals surface area (Å²) in [6.07, 6.45) is 2.03. The normalized spacial score (nSPS) is 23.9. The smallest absolute Gasteiger partial charge is 0.249 e. The molecule has 0 aliphatic carbocycles. The van der Waals surface area contributed by atoms with E-state index in [1.165, 1.54) is 11.3 Å². The van der Waals surface area contributed by atoms with Crippen LogP contribution >= 0.6 is 0 Å². The second-order valence-corrected chi connectivity index (χ2v) is 7.00. The van der Waals surface area contributed by atoms with Crippen LogP contribution in [0.25, 0.3) is 0 Å². The van der Waals surface area contributed by atoms with Crippen LogP contribution in [0.3, 0.4) is 0 Å². The van der Waals surface area contributed by atoms with E-state index in [1.54, 1.807) is 0 Å². The Morgan fingerprint density at radius 2 is 2.00 bits per heavy atom. The molecule has 2 aliphatic heterocycles. The number of aromatic nitrogens is 2. The fraction of sp³-hybridized carbons (Fsp3) is 0.474. The molecule has 6 heteroatoms. The Labute approximate surface area is 148 Å². The molecule has 2 aliphatic rings. The van der Waals surface area contributed by atoms with E-state index in [4.69, 9.17) is 4.74 Å². The number of benzene rings is 1. The number of hydrogen-bond acceptors (Lipinski definition) is 4. The minimum atomic E-state index is 0.0875. The van der Waals surface area contributed by atoms with Crippen LogP contribution in [0.5, 0.6) is 0 Å². The van der Waals surface area contributed by atoms with Crippen molar-refractivity contribution in [1.82, 2.24) is 19.6 Å². The molecule has 0 bridgehead atoms. The number of carbonyl (C=O) groups excluding carboxylic acids is 1. The van der Waals surface area contributed by atoms with Gasteiger partial charge in [-0.25, -0.2) is 0 Å². The van der Waals surface area contributed by atoms with Crippen molar-refractivity contribution in [2.75, 3.05) is 19.7 Å². The molecule has 1 aromatic carbocycles. The molecule has 2 aromatic rings. The Hall–Kier alpha value is -2.18. The van der Waals surface area contributed by atoms with Crippen LogP contribution in [-0.2, 0) is 29.7 Å². The fourth-order valence-electron chi connectivity index (χ4n) is 3.80. The van der Waals surface area contributed by atoms with Crippen LogP contribution < -0.4 is 0 Å². The lowest BCUT2D eigenvalue weighted by Gasteiger charge is -2.36. The molecule has 2 saturated heterocycles. The van der Waals surface area contributed by atoms with Crippen molar-refractivity contribution in [3.63, 3.8) is 0 Å². The van der Waals surface area contributed by atoms with Gasteiger partial charge in [0.25, 0.3) is 0 Å². The average Bonchev–Trinajstić information content (AvgIpc) is 3.17. The van der Waals surface area contributed by atoms with Crippen LogP contribution in [0.2, 0.25) is 0 Å². The number of rotatable bonds is 4. The zero-order valence-corrected chi connectivity index (χ0v) is 14.8. The first kappa shape index (κ1) is 16.3. The summed E-state index contributed by atoms with van der Waals surface area (Å²) >= 11 is 0. The third-order valence-electron chi connectivity index (χ3n) is 5.38. The SMILES string of the molecule is Cc1c(CN2C[C@@H]3OCC(=O)N(Cc4ccccc4)[C@H]3C2)cnn1C. The van der Waals surface area contributed by atoms with E-state index in [0.29, 0.717) is 6.54 Å². The highest BCUT2D eigenvalue weighted by Crippen LogP contribution is 2.26. The maximum atomic E-state index is 12.4. The molecule has 4 rings (SSSR count). The van der Waals surface area contributed by atoms with Crippen LogP contribution in [0.1, 0.15) is 16.8 Å². The first-order chi connectivity index (χ1) is 12.1. The van der Waals surface area contributed by atoms with Gasteiger partial charge in [-0.1, -0.05) is 30.3 Å². The minimum Gasteiger partial charge on any atom is -0.365 e. The molecule has 25 heavy (non-hydrogen) atoms. The topological polar surface area (TPSA) is 50.6 Å². The molecule has 132 valence electrons. The summed E-state index contributed by atoms with van der Waals surface area (Å²) in [5.74, 6) is 0.0875. The number of likely N-dealkylation sites (tertiary alicyclic amines) is 1.